The molecule has 1 atom stereocenters. The largest absolute Gasteiger partial charge is 0.494 e. The highest BCUT2D eigenvalue weighted by Gasteiger charge is 2.18. The predicted molar refractivity (Wildman–Crippen MR) is 96.8 cm³/mol. The molecular weight excluding hydrogens is 302 g/mol. The average molecular weight is 327 g/mol. The van der Waals surface area contributed by atoms with Crippen LogP contribution in [0.3, 0.4) is 0 Å². The molecule has 0 spiro atoms. The Hall–Kier alpha value is -2.49. The molecular formula is C20H25NO3. The van der Waals surface area contributed by atoms with Crippen LogP contribution in [0, 0.1) is 0 Å². The summed E-state index contributed by atoms with van der Waals surface area (Å²) in [5.74, 6) is 1.34. The molecule has 0 unspecified atom stereocenters. The maximum absolute atomic E-state index is 12.4. The van der Waals surface area contributed by atoms with Crippen molar-refractivity contribution in [3.63, 3.8) is 0 Å². The van der Waals surface area contributed by atoms with Gasteiger partial charge in [0.1, 0.15) is 11.5 Å². The Balaban J connectivity index is 1.97. The molecule has 1 amide bonds. The molecule has 0 heterocycles. The molecule has 0 radical (unpaired) electrons. The maximum atomic E-state index is 12.4. The van der Waals surface area contributed by atoms with E-state index in [1.807, 2.05) is 62.4 Å². The zero-order valence-corrected chi connectivity index (χ0v) is 14.5. The zero-order valence-electron chi connectivity index (χ0n) is 14.5. The summed E-state index contributed by atoms with van der Waals surface area (Å²) in [4.78, 5) is 12.4. The van der Waals surface area contributed by atoms with Gasteiger partial charge in [-0.3, -0.25) is 4.79 Å². The van der Waals surface area contributed by atoms with Crippen LogP contribution in [0.25, 0.3) is 0 Å². The highest BCUT2D eigenvalue weighted by Crippen LogP contribution is 2.18. The van der Waals surface area contributed by atoms with Gasteiger partial charge in [-0.15, -0.1) is 0 Å². The minimum absolute atomic E-state index is 0.152. The summed E-state index contributed by atoms with van der Waals surface area (Å²) in [7, 11) is 0. The molecule has 0 saturated heterocycles. The standard InChI is InChI=1S/C20H25NO3/c1-4-15-7-11-18(12-8-15)24-19(5-2)20(22)21-16-9-13-17(14-10-16)23-6-3/h7-14,19H,4-6H2,1-3H3,(H,21,22)/t19-/m1/s1. The summed E-state index contributed by atoms with van der Waals surface area (Å²) in [6.45, 7) is 6.60. The van der Waals surface area contributed by atoms with Crippen LogP contribution in [0.4, 0.5) is 5.69 Å². The molecule has 2 aromatic carbocycles. The van der Waals surface area contributed by atoms with Gasteiger partial charge in [-0.1, -0.05) is 26.0 Å². The van der Waals surface area contributed by atoms with E-state index in [0.29, 0.717) is 18.8 Å². The Morgan fingerprint density at radius 1 is 0.958 bits per heavy atom. The third-order valence-electron chi connectivity index (χ3n) is 3.71. The Kier molecular flexibility index (Phi) is 6.67. The van der Waals surface area contributed by atoms with Gasteiger partial charge in [-0.25, -0.2) is 0 Å². The average Bonchev–Trinajstić information content (AvgIpc) is 2.62. The lowest BCUT2D eigenvalue weighted by molar-refractivity contribution is -0.122. The highest BCUT2D eigenvalue weighted by atomic mass is 16.5. The van der Waals surface area contributed by atoms with Gasteiger partial charge in [0.15, 0.2) is 6.10 Å². The van der Waals surface area contributed by atoms with E-state index in [9.17, 15) is 4.79 Å². The van der Waals surface area contributed by atoms with E-state index in [1.54, 1.807) is 0 Å². The zero-order chi connectivity index (χ0) is 17.4. The number of hydrogen-bond donors (Lipinski definition) is 1. The summed E-state index contributed by atoms with van der Waals surface area (Å²) >= 11 is 0. The molecule has 4 heteroatoms. The second-order valence-electron chi connectivity index (χ2n) is 5.46. The van der Waals surface area contributed by atoms with Crippen LogP contribution in [-0.4, -0.2) is 18.6 Å². The second kappa shape index (κ2) is 8.96. The summed E-state index contributed by atoms with van der Waals surface area (Å²) in [5.41, 5.74) is 1.97. The monoisotopic (exact) mass is 327 g/mol. The van der Waals surface area contributed by atoms with E-state index < -0.39 is 6.10 Å². The fraction of sp³-hybridized carbons (Fsp3) is 0.350. The molecule has 0 saturated carbocycles. The van der Waals surface area contributed by atoms with E-state index in [2.05, 4.69) is 12.2 Å². The number of ether oxygens (including phenoxy) is 2. The van der Waals surface area contributed by atoms with Gasteiger partial charge in [-0.2, -0.15) is 0 Å². The Morgan fingerprint density at radius 3 is 2.12 bits per heavy atom. The summed E-state index contributed by atoms with van der Waals surface area (Å²) in [5, 5.41) is 2.89. The van der Waals surface area contributed by atoms with Gasteiger partial charge in [0.2, 0.25) is 0 Å². The molecule has 2 aromatic rings. The van der Waals surface area contributed by atoms with Crippen molar-refractivity contribution in [2.75, 3.05) is 11.9 Å². The van der Waals surface area contributed by atoms with Crippen molar-refractivity contribution in [2.24, 2.45) is 0 Å². The maximum Gasteiger partial charge on any atom is 0.265 e. The smallest absolute Gasteiger partial charge is 0.265 e. The fourth-order valence-electron chi connectivity index (χ4n) is 2.31. The molecule has 0 bridgehead atoms. The number of nitrogens with one attached hydrogen (secondary N) is 1. The molecule has 128 valence electrons. The number of carbonyl (C=O) groups is 1. The van der Waals surface area contributed by atoms with Crippen molar-refractivity contribution >= 4 is 11.6 Å². The number of rotatable bonds is 8. The lowest BCUT2D eigenvalue weighted by Gasteiger charge is -2.17. The van der Waals surface area contributed by atoms with E-state index >= 15 is 0 Å². The fourth-order valence-corrected chi connectivity index (χ4v) is 2.31. The van der Waals surface area contributed by atoms with Crippen molar-refractivity contribution in [2.45, 2.75) is 39.7 Å². The number of hydrogen-bond acceptors (Lipinski definition) is 3. The second-order valence-corrected chi connectivity index (χ2v) is 5.46. The molecule has 1 N–H and O–H groups in total. The lowest BCUT2D eigenvalue weighted by Crippen LogP contribution is -2.32. The number of benzene rings is 2. The molecule has 24 heavy (non-hydrogen) atoms. The van der Waals surface area contributed by atoms with Gasteiger partial charge < -0.3 is 14.8 Å². The van der Waals surface area contributed by atoms with Crippen LogP contribution in [0.5, 0.6) is 11.5 Å². The van der Waals surface area contributed by atoms with Gasteiger partial charge >= 0.3 is 0 Å². The van der Waals surface area contributed by atoms with E-state index in [-0.39, 0.29) is 5.91 Å². The van der Waals surface area contributed by atoms with Crippen LogP contribution in [-0.2, 0) is 11.2 Å². The van der Waals surface area contributed by atoms with Gasteiger partial charge in [0, 0.05) is 5.69 Å². The number of anilines is 1. The summed E-state index contributed by atoms with van der Waals surface area (Å²) in [6, 6.07) is 15.2. The topological polar surface area (TPSA) is 47.6 Å². The van der Waals surface area contributed by atoms with Crippen LogP contribution < -0.4 is 14.8 Å². The van der Waals surface area contributed by atoms with Crippen LogP contribution in [0.1, 0.15) is 32.8 Å². The number of aryl methyl sites for hydroxylation is 1. The third kappa shape index (κ3) is 5.01. The summed E-state index contributed by atoms with van der Waals surface area (Å²) < 4.78 is 11.2. The van der Waals surface area contributed by atoms with Crippen LogP contribution >= 0.6 is 0 Å². The minimum atomic E-state index is -0.524. The van der Waals surface area contributed by atoms with E-state index in [1.165, 1.54) is 5.56 Å². The number of carbonyl (C=O) groups excluding carboxylic acids is 1. The van der Waals surface area contributed by atoms with Gasteiger partial charge in [0.05, 0.1) is 6.61 Å². The molecule has 0 aliphatic heterocycles. The first-order valence-electron chi connectivity index (χ1n) is 8.45. The highest BCUT2D eigenvalue weighted by molar-refractivity contribution is 5.94. The quantitative estimate of drug-likeness (QED) is 0.779. The van der Waals surface area contributed by atoms with E-state index in [0.717, 1.165) is 17.9 Å². The molecule has 0 fully saturated rings. The van der Waals surface area contributed by atoms with Gasteiger partial charge in [0.25, 0.3) is 5.91 Å². The van der Waals surface area contributed by atoms with Crippen molar-refractivity contribution in [3.8, 4) is 11.5 Å². The molecule has 4 nitrogen and oxygen atoms in total. The van der Waals surface area contributed by atoms with Crippen molar-refractivity contribution in [1.82, 2.24) is 0 Å². The summed E-state index contributed by atoms with van der Waals surface area (Å²) in [6.07, 6.45) is 1.05. The SMILES string of the molecule is CCOc1ccc(NC(=O)[C@@H](CC)Oc2ccc(CC)cc2)cc1. The Labute approximate surface area is 143 Å². The van der Waals surface area contributed by atoms with Crippen LogP contribution in [0.15, 0.2) is 48.5 Å². The molecule has 2 rings (SSSR count). The van der Waals surface area contributed by atoms with Gasteiger partial charge in [-0.05, 0) is 61.7 Å². The van der Waals surface area contributed by atoms with Crippen molar-refractivity contribution in [1.29, 1.82) is 0 Å². The normalized spacial score (nSPS) is 11.6. The first kappa shape index (κ1) is 17.9. The van der Waals surface area contributed by atoms with Crippen molar-refractivity contribution in [3.05, 3.63) is 54.1 Å². The number of amides is 1. The first-order valence-corrected chi connectivity index (χ1v) is 8.45. The third-order valence-corrected chi connectivity index (χ3v) is 3.71. The Bertz CT molecular complexity index is 635. The predicted octanol–water partition coefficient (Wildman–Crippen LogP) is 4.44. The Morgan fingerprint density at radius 2 is 1.58 bits per heavy atom. The van der Waals surface area contributed by atoms with Crippen molar-refractivity contribution < 1.29 is 14.3 Å². The first-order chi connectivity index (χ1) is 11.7. The molecule has 0 aromatic heterocycles. The van der Waals surface area contributed by atoms with Crippen LogP contribution in [0.2, 0.25) is 0 Å². The lowest BCUT2D eigenvalue weighted by atomic mass is 10.1. The van der Waals surface area contributed by atoms with E-state index in [4.69, 9.17) is 9.47 Å². The molecule has 0 aliphatic carbocycles. The molecule has 0 aliphatic rings. The minimum Gasteiger partial charge on any atom is -0.494 e.